The van der Waals surface area contributed by atoms with Crippen LogP contribution in [0.25, 0.3) is 0 Å². The van der Waals surface area contributed by atoms with Gasteiger partial charge in [0, 0.05) is 0 Å². The molecule has 0 aromatic rings. The number of rotatable bonds is 13. The molecule has 0 bridgehead atoms. The van der Waals surface area contributed by atoms with Crippen molar-refractivity contribution < 1.29 is 0 Å². The molecule has 0 N–H and O–H groups in total. The minimum Gasteiger partial charge on any atom is -0.0701 e. The lowest BCUT2D eigenvalue weighted by Crippen LogP contribution is -1.83. The molecule has 107 valence electrons. The molecule has 0 aromatic heterocycles. The van der Waals surface area contributed by atoms with Crippen LogP contribution in [0.15, 0.2) is 5.57 Å². The fourth-order valence-electron chi connectivity index (χ4n) is 2.36. The number of hydrogen-bond acceptors (Lipinski definition) is 0. The van der Waals surface area contributed by atoms with E-state index in [0.29, 0.717) is 0 Å². The zero-order valence-electron chi connectivity index (χ0n) is 13.2. The van der Waals surface area contributed by atoms with Crippen molar-refractivity contribution in [1.29, 1.82) is 0 Å². The van der Waals surface area contributed by atoms with Gasteiger partial charge in [0.05, 0.1) is 0 Å². The first-order chi connectivity index (χ1) is 8.81. The number of allylic oxidation sites excluding steroid dienone is 2. The van der Waals surface area contributed by atoms with Crippen LogP contribution in [0.3, 0.4) is 0 Å². The minimum absolute atomic E-state index is 1.26. The van der Waals surface area contributed by atoms with E-state index in [2.05, 4.69) is 19.9 Å². The summed E-state index contributed by atoms with van der Waals surface area (Å²) >= 11 is 0. The molecule has 0 rings (SSSR count). The third kappa shape index (κ3) is 13.8. The van der Waals surface area contributed by atoms with Gasteiger partial charge >= 0.3 is 0 Å². The van der Waals surface area contributed by atoms with E-state index in [1.54, 1.807) is 0 Å². The average Bonchev–Trinajstić information content (AvgIpc) is 2.39. The Morgan fingerprint density at radius 1 is 0.667 bits per heavy atom. The lowest BCUT2D eigenvalue weighted by molar-refractivity contribution is 0.543. The normalized spacial score (nSPS) is 12.1. The van der Waals surface area contributed by atoms with E-state index in [4.69, 9.17) is 0 Å². The Kier molecular flexibility index (Phi) is 14.6. The van der Waals surface area contributed by atoms with Gasteiger partial charge in [-0.05, 0) is 32.8 Å². The van der Waals surface area contributed by atoms with E-state index in [-0.39, 0.29) is 0 Å². The molecule has 1 radical (unpaired) electrons. The van der Waals surface area contributed by atoms with Crippen molar-refractivity contribution in [1.82, 2.24) is 0 Å². The summed E-state index contributed by atoms with van der Waals surface area (Å²) in [4.78, 5) is 0. The van der Waals surface area contributed by atoms with E-state index < -0.39 is 0 Å². The molecule has 0 amide bonds. The Labute approximate surface area is 116 Å². The first kappa shape index (κ1) is 17.7. The van der Waals surface area contributed by atoms with Crippen LogP contribution >= 0.6 is 0 Å². The van der Waals surface area contributed by atoms with E-state index in [1.807, 2.05) is 6.92 Å². The van der Waals surface area contributed by atoms with E-state index in [0.717, 1.165) is 0 Å². The molecule has 0 aromatic carbocycles. The Morgan fingerprint density at radius 2 is 1.06 bits per heavy atom. The summed E-state index contributed by atoms with van der Waals surface area (Å²) in [6.07, 6.45) is 21.7. The van der Waals surface area contributed by atoms with Crippen molar-refractivity contribution in [3.63, 3.8) is 0 Å². The zero-order chi connectivity index (χ0) is 13.5. The van der Waals surface area contributed by atoms with Crippen LogP contribution in [0.5, 0.6) is 0 Å². The lowest BCUT2D eigenvalue weighted by Gasteiger charge is -2.03. The van der Waals surface area contributed by atoms with E-state index in [1.165, 1.54) is 89.0 Å². The molecule has 0 aliphatic heterocycles. The molecule has 0 aliphatic rings. The summed E-state index contributed by atoms with van der Waals surface area (Å²) in [5.41, 5.74) is 1.43. The molecule has 0 saturated heterocycles. The van der Waals surface area contributed by atoms with Gasteiger partial charge in [-0.3, -0.25) is 0 Å². The Morgan fingerprint density at radius 3 is 1.44 bits per heavy atom. The molecule has 0 unspecified atom stereocenters. The van der Waals surface area contributed by atoms with Gasteiger partial charge in [-0.2, -0.15) is 0 Å². The summed E-state index contributed by atoms with van der Waals surface area (Å²) in [5.74, 6) is 0. The van der Waals surface area contributed by atoms with Crippen LogP contribution in [-0.2, 0) is 0 Å². The topological polar surface area (TPSA) is 0 Å². The summed E-state index contributed by atoms with van der Waals surface area (Å²) in [5, 5.41) is 0. The van der Waals surface area contributed by atoms with Gasteiger partial charge in [0.25, 0.3) is 0 Å². The monoisotopic (exact) mass is 251 g/mol. The summed E-state index contributed by atoms with van der Waals surface area (Å²) in [7, 11) is 0. The van der Waals surface area contributed by atoms with E-state index in [9.17, 15) is 0 Å². The predicted molar refractivity (Wildman–Crippen MR) is 83.8 cm³/mol. The second kappa shape index (κ2) is 14.8. The molecule has 0 heteroatoms. The Hall–Kier alpha value is -0.260. The third-order valence-electron chi connectivity index (χ3n) is 3.83. The van der Waals surface area contributed by atoms with Gasteiger partial charge in [-0.25, -0.2) is 0 Å². The molecular weight excluding hydrogens is 216 g/mol. The van der Waals surface area contributed by atoms with Crippen molar-refractivity contribution in [3.8, 4) is 0 Å². The summed E-state index contributed by atoms with van der Waals surface area (Å²) in [6, 6.07) is 0. The fraction of sp³-hybridized carbons (Fsp3) is 0.889. The number of hydrogen-bond donors (Lipinski definition) is 0. The maximum Gasteiger partial charge on any atom is -0.0317 e. The van der Waals surface area contributed by atoms with Gasteiger partial charge in [0.15, 0.2) is 0 Å². The van der Waals surface area contributed by atoms with Gasteiger partial charge in [0.2, 0.25) is 0 Å². The molecule has 0 nitrogen and oxygen atoms in total. The van der Waals surface area contributed by atoms with E-state index >= 15 is 0 Å². The van der Waals surface area contributed by atoms with Crippen molar-refractivity contribution in [2.24, 2.45) is 0 Å². The highest BCUT2D eigenvalue weighted by molar-refractivity contribution is 4.89. The molecule has 0 spiro atoms. The fourth-order valence-corrected chi connectivity index (χ4v) is 2.36. The van der Waals surface area contributed by atoms with Crippen molar-refractivity contribution >= 4 is 0 Å². The minimum atomic E-state index is 1.26. The largest absolute Gasteiger partial charge is 0.0701 e. The molecule has 0 fully saturated rings. The number of unbranched alkanes of at least 4 members (excludes halogenated alkanes) is 11. The van der Waals surface area contributed by atoms with Crippen LogP contribution < -0.4 is 0 Å². The first-order valence-electron chi connectivity index (χ1n) is 8.31. The van der Waals surface area contributed by atoms with Crippen molar-refractivity contribution in [2.75, 3.05) is 0 Å². The highest BCUT2D eigenvalue weighted by atomic mass is 14.0. The summed E-state index contributed by atoms with van der Waals surface area (Å²) in [6.45, 7) is 6.50. The van der Waals surface area contributed by atoms with Crippen molar-refractivity contribution in [2.45, 2.75) is 104 Å². The standard InChI is InChI=1S/C18H35/c1-4-6-7-8-9-10-11-12-13-14-15-16-17-18(3)5-2/h4,6-17H2,1-3H3. The van der Waals surface area contributed by atoms with Crippen LogP contribution in [0, 0.1) is 6.08 Å². The average molecular weight is 251 g/mol. The van der Waals surface area contributed by atoms with Gasteiger partial charge < -0.3 is 0 Å². The van der Waals surface area contributed by atoms with Crippen LogP contribution in [0.2, 0.25) is 0 Å². The van der Waals surface area contributed by atoms with Crippen LogP contribution in [0.4, 0.5) is 0 Å². The second-order valence-corrected chi connectivity index (χ2v) is 5.67. The maximum atomic E-state index is 3.22. The van der Waals surface area contributed by atoms with Crippen LogP contribution in [0.1, 0.15) is 104 Å². The van der Waals surface area contributed by atoms with Crippen molar-refractivity contribution in [3.05, 3.63) is 11.6 Å². The van der Waals surface area contributed by atoms with Gasteiger partial charge in [-0.15, -0.1) is 0 Å². The zero-order valence-corrected chi connectivity index (χ0v) is 13.2. The van der Waals surface area contributed by atoms with Gasteiger partial charge in [-0.1, -0.05) is 83.1 Å². The molecular formula is C18H35. The second-order valence-electron chi connectivity index (χ2n) is 5.67. The maximum absolute atomic E-state index is 3.22. The van der Waals surface area contributed by atoms with Gasteiger partial charge in [0.1, 0.15) is 0 Å². The first-order valence-corrected chi connectivity index (χ1v) is 8.31. The molecule has 0 atom stereocenters. The Bertz CT molecular complexity index is 178. The highest BCUT2D eigenvalue weighted by Gasteiger charge is 1.94. The smallest absolute Gasteiger partial charge is 0.0317 e. The SMILES string of the molecule is C/[C]=C(/C)CCCCCCCCCCCCCC. The quantitative estimate of drug-likeness (QED) is 0.314. The van der Waals surface area contributed by atoms with Crippen LogP contribution in [-0.4, -0.2) is 0 Å². The molecule has 0 aliphatic carbocycles. The lowest BCUT2D eigenvalue weighted by atomic mass is 10.0. The third-order valence-corrected chi connectivity index (χ3v) is 3.83. The molecule has 0 heterocycles. The molecule has 0 saturated carbocycles. The highest BCUT2D eigenvalue weighted by Crippen LogP contribution is 2.13. The predicted octanol–water partition coefficient (Wildman–Crippen LogP) is 6.85. The Balaban J connectivity index is 2.99. The summed E-state index contributed by atoms with van der Waals surface area (Å²) < 4.78 is 0. The molecule has 18 heavy (non-hydrogen) atoms.